The molecule has 0 aliphatic carbocycles. The minimum absolute atomic E-state index is 0.0953. The maximum Gasteiger partial charge on any atom is 0.208 e. The first-order valence-corrected chi connectivity index (χ1v) is 10.3. The molecule has 1 rings (SSSR count). The number of nitrogens with one attached hydrogen (secondary N) is 3. The van der Waals surface area contributed by atoms with Gasteiger partial charge in [-0.2, -0.15) is 0 Å². The molecule has 142 valence electrons. The van der Waals surface area contributed by atoms with Crippen LogP contribution in [0.2, 0.25) is 0 Å². The van der Waals surface area contributed by atoms with Gasteiger partial charge in [-0.3, -0.25) is 0 Å². The van der Waals surface area contributed by atoms with Crippen molar-refractivity contribution in [3.63, 3.8) is 0 Å². The molecule has 0 unspecified atom stereocenters. The van der Waals surface area contributed by atoms with Gasteiger partial charge in [-0.15, -0.1) is 0 Å². The number of aryl methyl sites for hydroxylation is 1. The van der Waals surface area contributed by atoms with Crippen LogP contribution in [0.4, 0.5) is 0 Å². The van der Waals surface area contributed by atoms with Crippen LogP contribution < -0.4 is 20.1 Å². The molecule has 3 N–H and O–H groups in total. The van der Waals surface area contributed by atoms with Gasteiger partial charge in [0.25, 0.3) is 0 Å². The molecule has 0 amide bonds. The Hall–Kier alpha value is -1.80. The Morgan fingerprint density at radius 3 is 2.56 bits per heavy atom. The molecule has 1 aromatic carbocycles. The lowest BCUT2D eigenvalue weighted by molar-refractivity contribution is 0.240. The molecule has 0 bridgehead atoms. The van der Waals surface area contributed by atoms with Crippen molar-refractivity contribution in [2.45, 2.75) is 40.3 Å². The molecule has 0 aliphatic rings. The summed E-state index contributed by atoms with van der Waals surface area (Å²) in [6.07, 6.45) is 1.23. The molecule has 1 aromatic rings. The van der Waals surface area contributed by atoms with E-state index < -0.39 is 10.0 Å². The van der Waals surface area contributed by atoms with Crippen molar-refractivity contribution in [3.8, 4) is 5.75 Å². The van der Waals surface area contributed by atoms with Crippen LogP contribution in [0, 0.1) is 6.92 Å². The first-order valence-electron chi connectivity index (χ1n) is 8.44. The van der Waals surface area contributed by atoms with Crippen LogP contribution in [0.25, 0.3) is 0 Å². The highest BCUT2D eigenvalue weighted by molar-refractivity contribution is 7.88. The lowest BCUT2D eigenvalue weighted by Crippen LogP contribution is -2.41. The third-order valence-corrected chi connectivity index (χ3v) is 3.85. The smallest absolute Gasteiger partial charge is 0.208 e. The van der Waals surface area contributed by atoms with Crippen molar-refractivity contribution < 1.29 is 13.2 Å². The molecule has 7 nitrogen and oxygen atoms in total. The van der Waals surface area contributed by atoms with Crippen molar-refractivity contribution in [1.82, 2.24) is 15.4 Å². The fourth-order valence-electron chi connectivity index (χ4n) is 2.08. The van der Waals surface area contributed by atoms with E-state index in [1.54, 1.807) is 0 Å². The molecule has 0 atom stereocenters. The second-order valence-corrected chi connectivity index (χ2v) is 7.90. The fourth-order valence-corrected chi connectivity index (χ4v) is 2.55. The second kappa shape index (κ2) is 10.2. The number of hydrogen-bond donors (Lipinski definition) is 3. The quantitative estimate of drug-likeness (QED) is 0.347. The van der Waals surface area contributed by atoms with E-state index >= 15 is 0 Å². The van der Waals surface area contributed by atoms with Crippen molar-refractivity contribution >= 4 is 16.0 Å². The molecular formula is C17H30N4O3S. The summed E-state index contributed by atoms with van der Waals surface area (Å²) in [7, 11) is -3.18. The zero-order valence-electron chi connectivity index (χ0n) is 15.7. The number of sulfonamides is 1. The molecule has 0 heterocycles. The number of hydrogen-bond acceptors (Lipinski definition) is 4. The van der Waals surface area contributed by atoms with E-state index in [2.05, 4.69) is 20.3 Å². The van der Waals surface area contributed by atoms with Gasteiger partial charge in [0.05, 0.1) is 18.9 Å². The molecule has 0 aromatic heterocycles. The Balaban J connectivity index is 2.73. The number of nitrogens with zero attached hydrogens (tertiary/aromatic N) is 1. The molecule has 0 saturated heterocycles. The van der Waals surface area contributed by atoms with Crippen molar-refractivity contribution in [2.75, 3.05) is 25.9 Å². The van der Waals surface area contributed by atoms with E-state index in [0.29, 0.717) is 32.1 Å². The molecule has 0 saturated carbocycles. The van der Waals surface area contributed by atoms with Gasteiger partial charge in [-0.1, -0.05) is 12.1 Å². The van der Waals surface area contributed by atoms with Gasteiger partial charge in [0, 0.05) is 25.2 Å². The second-order valence-electron chi connectivity index (χ2n) is 6.07. The van der Waals surface area contributed by atoms with Gasteiger partial charge in [0.15, 0.2) is 5.96 Å². The zero-order chi connectivity index (χ0) is 18.9. The molecule has 8 heteroatoms. The van der Waals surface area contributed by atoms with Gasteiger partial charge in [-0.25, -0.2) is 18.1 Å². The summed E-state index contributed by atoms with van der Waals surface area (Å²) in [4.78, 5) is 4.55. The van der Waals surface area contributed by atoms with Crippen LogP contribution in [0.3, 0.4) is 0 Å². The third-order valence-electron chi connectivity index (χ3n) is 3.12. The first kappa shape index (κ1) is 21.2. The van der Waals surface area contributed by atoms with Gasteiger partial charge >= 0.3 is 0 Å². The van der Waals surface area contributed by atoms with Gasteiger partial charge in [-0.05, 0) is 39.3 Å². The average molecular weight is 371 g/mol. The fraction of sp³-hybridized carbons (Fsp3) is 0.588. The van der Waals surface area contributed by atoms with E-state index in [1.807, 2.05) is 45.9 Å². The van der Waals surface area contributed by atoms with E-state index in [4.69, 9.17) is 4.74 Å². The van der Waals surface area contributed by atoms with E-state index in [0.717, 1.165) is 23.1 Å². The largest absolute Gasteiger partial charge is 0.491 e. The molecule has 0 aliphatic heterocycles. The van der Waals surface area contributed by atoms with E-state index in [9.17, 15) is 8.42 Å². The maximum absolute atomic E-state index is 11.1. The number of benzene rings is 1. The van der Waals surface area contributed by atoms with E-state index in [1.165, 1.54) is 0 Å². The minimum atomic E-state index is -3.18. The van der Waals surface area contributed by atoms with Crippen molar-refractivity contribution in [3.05, 3.63) is 29.3 Å². The van der Waals surface area contributed by atoms with Crippen LogP contribution >= 0.6 is 0 Å². The number of rotatable bonds is 9. The number of aliphatic imine (C=N–C) groups is 1. The Morgan fingerprint density at radius 2 is 1.96 bits per heavy atom. The lowest BCUT2D eigenvalue weighted by atomic mass is 10.1. The van der Waals surface area contributed by atoms with Crippen LogP contribution in [0.5, 0.6) is 5.75 Å². The lowest BCUT2D eigenvalue weighted by Gasteiger charge is -2.15. The van der Waals surface area contributed by atoms with Gasteiger partial charge in [0.1, 0.15) is 5.75 Å². The Bertz CT molecular complexity index is 672. The Morgan fingerprint density at radius 1 is 1.24 bits per heavy atom. The molecule has 0 fully saturated rings. The van der Waals surface area contributed by atoms with Crippen LogP contribution in [-0.4, -0.2) is 46.4 Å². The molecule has 0 radical (unpaired) electrons. The molecular weight excluding hydrogens is 340 g/mol. The summed E-state index contributed by atoms with van der Waals surface area (Å²) < 4.78 is 30.4. The predicted molar refractivity (Wildman–Crippen MR) is 103 cm³/mol. The monoisotopic (exact) mass is 370 g/mol. The zero-order valence-corrected chi connectivity index (χ0v) is 16.5. The molecule has 0 spiro atoms. The van der Waals surface area contributed by atoms with E-state index in [-0.39, 0.29) is 6.10 Å². The summed E-state index contributed by atoms with van der Waals surface area (Å²) in [6, 6.07) is 6.07. The first-order chi connectivity index (χ1) is 11.7. The van der Waals surface area contributed by atoms with Gasteiger partial charge in [0.2, 0.25) is 10.0 Å². The Kier molecular flexibility index (Phi) is 8.71. The average Bonchev–Trinajstić information content (AvgIpc) is 2.49. The third kappa shape index (κ3) is 9.31. The highest BCUT2D eigenvalue weighted by Gasteiger charge is 2.07. The summed E-state index contributed by atoms with van der Waals surface area (Å²) in [5.74, 6) is 1.47. The summed E-state index contributed by atoms with van der Waals surface area (Å²) in [5.41, 5.74) is 2.14. The summed E-state index contributed by atoms with van der Waals surface area (Å²) in [6.45, 7) is 9.93. The summed E-state index contributed by atoms with van der Waals surface area (Å²) in [5, 5.41) is 6.25. The maximum atomic E-state index is 11.1. The summed E-state index contributed by atoms with van der Waals surface area (Å²) >= 11 is 0. The van der Waals surface area contributed by atoms with Crippen LogP contribution in [-0.2, 0) is 16.6 Å². The number of ether oxygens (including phenoxy) is 1. The number of guanidine groups is 1. The molecule has 25 heavy (non-hydrogen) atoms. The minimum Gasteiger partial charge on any atom is -0.491 e. The predicted octanol–water partition coefficient (Wildman–Crippen LogP) is 1.39. The van der Waals surface area contributed by atoms with Crippen LogP contribution in [0.1, 0.15) is 31.9 Å². The SMILES string of the molecule is CCNC(=NCc1ccc(C)cc1OC(C)C)NCCNS(C)(=O)=O. The topological polar surface area (TPSA) is 91.8 Å². The normalized spacial score (nSPS) is 12.3. The van der Waals surface area contributed by atoms with Crippen molar-refractivity contribution in [1.29, 1.82) is 0 Å². The highest BCUT2D eigenvalue weighted by atomic mass is 32.2. The standard InChI is InChI=1S/C17H30N4O3S/c1-6-18-17(19-9-10-21-25(5,22)23)20-12-15-8-7-14(4)11-16(15)24-13(2)3/h7-8,11,13,21H,6,9-10,12H2,1-5H3,(H2,18,19,20). The van der Waals surface area contributed by atoms with Crippen LogP contribution in [0.15, 0.2) is 23.2 Å². The highest BCUT2D eigenvalue weighted by Crippen LogP contribution is 2.22. The van der Waals surface area contributed by atoms with Crippen molar-refractivity contribution in [2.24, 2.45) is 4.99 Å². The van der Waals surface area contributed by atoms with Gasteiger partial charge < -0.3 is 15.4 Å². The Labute approximate surface area is 151 Å².